The number of nitrogens with two attached hydrogens (primary N) is 2. The molecule has 2 nitrogen and oxygen atoms in total. The first-order valence-electron chi connectivity index (χ1n) is 8.68. The van der Waals surface area contributed by atoms with E-state index < -0.39 is 0 Å². The molecule has 0 spiro atoms. The van der Waals surface area contributed by atoms with Gasteiger partial charge in [-0.05, 0) is 68.9 Å². The molecule has 0 amide bonds. The van der Waals surface area contributed by atoms with Crippen molar-refractivity contribution in [1.29, 1.82) is 0 Å². The van der Waals surface area contributed by atoms with Gasteiger partial charge in [0.2, 0.25) is 0 Å². The monoisotopic (exact) mass is 268 g/mol. The van der Waals surface area contributed by atoms with E-state index in [-0.39, 0.29) is 0 Å². The van der Waals surface area contributed by atoms with Crippen LogP contribution in [-0.2, 0) is 0 Å². The Kier molecular flexibility index (Phi) is 8.72. The predicted molar refractivity (Wildman–Crippen MR) is 85.0 cm³/mol. The Morgan fingerprint density at radius 1 is 0.737 bits per heavy atom. The second-order valence-corrected chi connectivity index (χ2v) is 6.51. The molecular formula is C17H36N2. The van der Waals surface area contributed by atoms with E-state index in [2.05, 4.69) is 13.8 Å². The van der Waals surface area contributed by atoms with Crippen LogP contribution in [-0.4, -0.2) is 13.1 Å². The first kappa shape index (κ1) is 17.0. The molecule has 0 radical (unpaired) electrons. The van der Waals surface area contributed by atoms with Gasteiger partial charge < -0.3 is 11.5 Å². The van der Waals surface area contributed by atoms with Crippen molar-refractivity contribution in [3.05, 3.63) is 0 Å². The summed E-state index contributed by atoms with van der Waals surface area (Å²) in [5, 5.41) is 0. The zero-order valence-electron chi connectivity index (χ0n) is 13.2. The fourth-order valence-corrected chi connectivity index (χ4v) is 4.44. The molecule has 0 aromatic heterocycles. The normalized spacial score (nSPS) is 31.6. The van der Waals surface area contributed by atoms with Gasteiger partial charge in [-0.15, -0.1) is 0 Å². The molecule has 1 aliphatic rings. The molecule has 0 bridgehead atoms. The van der Waals surface area contributed by atoms with Crippen LogP contribution in [0.4, 0.5) is 0 Å². The number of hydrogen-bond donors (Lipinski definition) is 2. The number of rotatable bonds is 9. The second-order valence-electron chi connectivity index (χ2n) is 6.51. The lowest BCUT2D eigenvalue weighted by Gasteiger charge is -2.44. The Balaban J connectivity index is 2.73. The Hall–Kier alpha value is -0.0800. The van der Waals surface area contributed by atoms with Crippen LogP contribution in [0.15, 0.2) is 0 Å². The Morgan fingerprint density at radius 3 is 1.84 bits per heavy atom. The second kappa shape index (κ2) is 9.77. The van der Waals surface area contributed by atoms with Gasteiger partial charge in [0.1, 0.15) is 0 Å². The van der Waals surface area contributed by atoms with E-state index in [9.17, 15) is 0 Å². The maximum atomic E-state index is 5.84. The fraction of sp³-hybridized carbons (Fsp3) is 1.00. The first-order valence-corrected chi connectivity index (χ1v) is 8.68. The molecule has 1 fully saturated rings. The van der Waals surface area contributed by atoms with Crippen LogP contribution in [0.1, 0.15) is 71.6 Å². The summed E-state index contributed by atoms with van der Waals surface area (Å²) < 4.78 is 0. The predicted octanol–water partition coefficient (Wildman–Crippen LogP) is 3.93. The molecule has 0 saturated heterocycles. The maximum Gasteiger partial charge on any atom is -0.00745 e. The standard InChI is InChI=1S/C17H36N2/c1-3-6-14-9-10-15(11-13-19)17(8-5-12-18)16(14)7-4-2/h14-17H,3-13,18-19H2,1-2H3. The zero-order valence-corrected chi connectivity index (χ0v) is 13.2. The summed E-state index contributed by atoms with van der Waals surface area (Å²) in [7, 11) is 0. The third kappa shape index (κ3) is 5.07. The highest BCUT2D eigenvalue weighted by atomic mass is 14.5. The van der Waals surface area contributed by atoms with Gasteiger partial charge in [0.25, 0.3) is 0 Å². The van der Waals surface area contributed by atoms with E-state index in [0.717, 1.165) is 36.8 Å². The van der Waals surface area contributed by atoms with E-state index in [0.29, 0.717) is 0 Å². The smallest absolute Gasteiger partial charge is 0.00745 e. The molecule has 1 saturated carbocycles. The van der Waals surface area contributed by atoms with Crippen LogP contribution in [0.5, 0.6) is 0 Å². The first-order chi connectivity index (χ1) is 9.28. The summed E-state index contributed by atoms with van der Waals surface area (Å²) in [5.74, 6) is 3.70. The lowest BCUT2D eigenvalue weighted by molar-refractivity contribution is 0.0640. The minimum absolute atomic E-state index is 0.850. The Labute approximate surface area is 120 Å². The van der Waals surface area contributed by atoms with Crippen molar-refractivity contribution >= 4 is 0 Å². The number of hydrogen-bond acceptors (Lipinski definition) is 2. The SMILES string of the molecule is CCCC1CCC(CCN)C(CCCN)C1CCC. The lowest BCUT2D eigenvalue weighted by Crippen LogP contribution is -2.36. The molecule has 4 unspecified atom stereocenters. The van der Waals surface area contributed by atoms with Crippen LogP contribution in [0.3, 0.4) is 0 Å². The van der Waals surface area contributed by atoms with Crippen LogP contribution >= 0.6 is 0 Å². The van der Waals surface area contributed by atoms with Gasteiger partial charge in [-0.25, -0.2) is 0 Å². The highest BCUT2D eigenvalue weighted by Crippen LogP contribution is 2.46. The van der Waals surface area contributed by atoms with E-state index in [1.807, 2.05) is 0 Å². The summed E-state index contributed by atoms with van der Waals surface area (Å²) in [6.45, 7) is 6.39. The molecule has 19 heavy (non-hydrogen) atoms. The fourth-order valence-electron chi connectivity index (χ4n) is 4.44. The van der Waals surface area contributed by atoms with Crippen LogP contribution in [0.25, 0.3) is 0 Å². The van der Waals surface area contributed by atoms with Crippen molar-refractivity contribution in [2.45, 2.75) is 71.6 Å². The summed E-state index contributed by atoms with van der Waals surface area (Å²) >= 11 is 0. The van der Waals surface area contributed by atoms with Crippen molar-refractivity contribution < 1.29 is 0 Å². The van der Waals surface area contributed by atoms with E-state index in [1.165, 1.54) is 57.8 Å². The van der Waals surface area contributed by atoms with Crippen molar-refractivity contribution in [1.82, 2.24) is 0 Å². The zero-order chi connectivity index (χ0) is 14.1. The molecule has 114 valence electrons. The summed E-state index contributed by atoms with van der Waals surface area (Å²) in [6.07, 6.45) is 12.2. The van der Waals surface area contributed by atoms with Gasteiger partial charge in [-0.1, -0.05) is 39.5 Å². The van der Waals surface area contributed by atoms with Crippen LogP contribution in [0, 0.1) is 23.7 Å². The van der Waals surface area contributed by atoms with Gasteiger partial charge in [0, 0.05) is 0 Å². The summed E-state index contributed by atoms with van der Waals surface area (Å²) in [4.78, 5) is 0. The van der Waals surface area contributed by atoms with Gasteiger partial charge >= 0.3 is 0 Å². The van der Waals surface area contributed by atoms with Gasteiger partial charge in [0.05, 0.1) is 0 Å². The molecule has 2 heteroatoms. The summed E-state index contributed by atoms with van der Waals surface area (Å²) in [5.41, 5.74) is 11.6. The highest BCUT2D eigenvalue weighted by molar-refractivity contribution is 4.87. The molecule has 1 aliphatic carbocycles. The van der Waals surface area contributed by atoms with Crippen molar-refractivity contribution in [3.8, 4) is 0 Å². The van der Waals surface area contributed by atoms with E-state index in [1.54, 1.807) is 0 Å². The molecule has 0 aliphatic heterocycles. The third-order valence-electron chi connectivity index (χ3n) is 5.23. The van der Waals surface area contributed by atoms with Crippen molar-refractivity contribution in [2.75, 3.05) is 13.1 Å². The van der Waals surface area contributed by atoms with Crippen LogP contribution < -0.4 is 11.5 Å². The van der Waals surface area contributed by atoms with Gasteiger partial charge in [-0.2, -0.15) is 0 Å². The molecule has 4 N–H and O–H groups in total. The molecule has 0 aromatic carbocycles. The minimum atomic E-state index is 0.850. The molecule has 0 heterocycles. The van der Waals surface area contributed by atoms with Gasteiger partial charge in [-0.3, -0.25) is 0 Å². The van der Waals surface area contributed by atoms with Crippen molar-refractivity contribution in [3.63, 3.8) is 0 Å². The summed E-state index contributed by atoms with van der Waals surface area (Å²) in [6, 6.07) is 0. The highest BCUT2D eigenvalue weighted by Gasteiger charge is 2.37. The Bertz CT molecular complexity index is 217. The average molecular weight is 268 g/mol. The quantitative estimate of drug-likeness (QED) is 0.665. The lowest BCUT2D eigenvalue weighted by atomic mass is 9.62. The molecular weight excluding hydrogens is 232 g/mol. The Morgan fingerprint density at radius 2 is 1.32 bits per heavy atom. The van der Waals surface area contributed by atoms with E-state index in [4.69, 9.17) is 11.5 Å². The maximum absolute atomic E-state index is 5.84. The van der Waals surface area contributed by atoms with Crippen LogP contribution in [0.2, 0.25) is 0 Å². The molecule has 1 rings (SSSR count). The average Bonchev–Trinajstić information content (AvgIpc) is 2.41. The largest absolute Gasteiger partial charge is 0.330 e. The minimum Gasteiger partial charge on any atom is -0.330 e. The van der Waals surface area contributed by atoms with Gasteiger partial charge in [0.15, 0.2) is 0 Å². The topological polar surface area (TPSA) is 52.0 Å². The third-order valence-corrected chi connectivity index (χ3v) is 5.23. The molecule has 4 atom stereocenters. The molecule has 0 aromatic rings. The van der Waals surface area contributed by atoms with Crippen molar-refractivity contribution in [2.24, 2.45) is 35.1 Å². The van der Waals surface area contributed by atoms with E-state index >= 15 is 0 Å².